The lowest BCUT2D eigenvalue weighted by molar-refractivity contribution is -0.137. The van der Waals surface area contributed by atoms with E-state index in [1.165, 1.54) is 0 Å². The smallest absolute Gasteiger partial charge is 0.303 e. The first-order chi connectivity index (χ1) is 12.4. The number of carboxylic acid groups (broad SMARTS) is 1. The molecule has 1 unspecified atom stereocenters. The zero-order valence-corrected chi connectivity index (χ0v) is 15.6. The van der Waals surface area contributed by atoms with Crippen molar-refractivity contribution in [2.45, 2.75) is 52.4 Å². The number of carbonyl (C=O) groups is 3. The second kappa shape index (κ2) is 9.36. The summed E-state index contributed by atoms with van der Waals surface area (Å²) in [6.45, 7) is 5.00. The second-order valence-electron chi connectivity index (χ2n) is 6.97. The molecule has 1 aliphatic heterocycles. The minimum atomic E-state index is -0.766. The summed E-state index contributed by atoms with van der Waals surface area (Å²) in [5.41, 5.74) is 3.10. The molecule has 1 fully saturated rings. The Balaban J connectivity index is 1.76. The Morgan fingerprint density at radius 3 is 2.65 bits per heavy atom. The molecule has 0 aliphatic carbocycles. The van der Waals surface area contributed by atoms with Crippen LogP contribution in [0.5, 0.6) is 0 Å². The maximum atomic E-state index is 12.4. The fourth-order valence-corrected chi connectivity index (χ4v) is 3.25. The first-order valence-electron chi connectivity index (χ1n) is 9.26. The Morgan fingerprint density at radius 2 is 1.92 bits per heavy atom. The highest BCUT2D eigenvalue weighted by Crippen LogP contribution is 2.29. The van der Waals surface area contributed by atoms with Gasteiger partial charge in [-0.05, 0) is 43.9 Å². The Kier molecular flexibility index (Phi) is 7.18. The van der Waals surface area contributed by atoms with Crippen LogP contribution in [-0.4, -0.2) is 36.0 Å². The lowest BCUT2D eigenvalue weighted by Crippen LogP contribution is -2.33. The van der Waals surface area contributed by atoms with Gasteiger partial charge in [-0.15, -0.1) is 0 Å². The third-order valence-corrected chi connectivity index (χ3v) is 4.98. The number of carbonyl (C=O) groups excluding carboxylic acids is 2. The van der Waals surface area contributed by atoms with E-state index in [-0.39, 0.29) is 30.6 Å². The predicted octanol–water partition coefficient (Wildman–Crippen LogP) is 2.81. The van der Waals surface area contributed by atoms with Crippen molar-refractivity contribution in [1.82, 2.24) is 5.32 Å². The van der Waals surface area contributed by atoms with Crippen molar-refractivity contribution in [2.75, 3.05) is 18.0 Å². The molecule has 0 saturated carbocycles. The van der Waals surface area contributed by atoms with E-state index in [2.05, 4.69) is 5.32 Å². The van der Waals surface area contributed by atoms with Gasteiger partial charge < -0.3 is 15.3 Å². The molecule has 6 nitrogen and oxygen atoms in total. The number of aliphatic carboxylic acids is 1. The second-order valence-corrected chi connectivity index (χ2v) is 6.97. The number of carboxylic acids is 1. The van der Waals surface area contributed by atoms with E-state index in [1.54, 1.807) is 4.90 Å². The molecule has 0 bridgehead atoms. The highest BCUT2D eigenvalue weighted by molar-refractivity contribution is 6.00. The minimum Gasteiger partial charge on any atom is -0.481 e. The van der Waals surface area contributed by atoms with Crippen LogP contribution in [-0.2, 0) is 14.4 Å². The van der Waals surface area contributed by atoms with Crippen LogP contribution in [0.25, 0.3) is 0 Å². The monoisotopic (exact) mass is 360 g/mol. The predicted molar refractivity (Wildman–Crippen MR) is 100 cm³/mol. The van der Waals surface area contributed by atoms with Crippen LogP contribution in [0.3, 0.4) is 0 Å². The van der Waals surface area contributed by atoms with Gasteiger partial charge in [0.1, 0.15) is 0 Å². The molecule has 1 aromatic rings. The molecule has 0 spiro atoms. The average molecular weight is 360 g/mol. The number of rotatable bonds is 9. The first kappa shape index (κ1) is 19.9. The van der Waals surface area contributed by atoms with E-state index in [9.17, 15) is 14.4 Å². The third-order valence-electron chi connectivity index (χ3n) is 4.98. The maximum Gasteiger partial charge on any atom is 0.303 e. The van der Waals surface area contributed by atoms with Crippen molar-refractivity contribution in [3.63, 3.8) is 0 Å². The molecule has 2 N–H and O–H groups in total. The van der Waals surface area contributed by atoms with Crippen molar-refractivity contribution in [2.24, 2.45) is 5.92 Å². The molecule has 1 saturated heterocycles. The SMILES string of the molecule is Cc1cccc(N2CC(C(=O)NCCCCCCC(=O)O)CC2=O)c1C. The van der Waals surface area contributed by atoms with Crippen LogP contribution >= 0.6 is 0 Å². The Hall–Kier alpha value is -2.37. The van der Waals surface area contributed by atoms with Crippen molar-refractivity contribution in [1.29, 1.82) is 0 Å². The van der Waals surface area contributed by atoms with Gasteiger partial charge in [0, 0.05) is 31.6 Å². The molecule has 142 valence electrons. The van der Waals surface area contributed by atoms with Crippen molar-refractivity contribution in [3.05, 3.63) is 29.3 Å². The van der Waals surface area contributed by atoms with Crippen LogP contribution in [0.15, 0.2) is 18.2 Å². The number of amides is 2. The summed E-state index contributed by atoms with van der Waals surface area (Å²) in [6, 6.07) is 5.88. The molecular formula is C20H28N2O4. The van der Waals surface area contributed by atoms with Crippen LogP contribution in [0.1, 0.15) is 49.7 Å². The molecule has 6 heteroatoms. The molecule has 1 aliphatic rings. The number of hydrogen-bond donors (Lipinski definition) is 2. The van der Waals surface area contributed by atoms with Gasteiger partial charge in [-0.3, -0.25) is 14.4 Å². The number of aryl methyl sites for hydroxylation is 1. The van der Waals surface area contributed by atoms with E-state index in [0.717, 1.165) is 36.1 Å². The highest BCUT2D eigenvalue weighted by Gasteiger charge is 2.35. The van der Waals surface area contributed by atoms with Gasteiger partial charge >= 0.3 is 5.97 Å². The van der Waals surface area contributed by atoms with Gasteiger partial charge in [-0.1, -0.05) is 25.0 Å². The van der Waals surface area contributed by atoms with E-state index in [4.69, 9.17) is 5.11 Å². The van der Waals surface area contributed by atoms with Crippen LogP contribution in [0, 0.1) is 19.8 Å². The fraction of sp³-hybridized carbons (Fsp3) is 0.550. The van der Waals surface area contributed by atoms with Gasteiger partial charge in [0.25, 0.3) is 0 Å². The summed E-state index contributed by atoms with van der Waals surface area (Å²) in [6.07, 6.45) is 3.69. The topological polar surface area (TPSA) is 86.7 Å². The molecule has 0 radical (unpaired) electrons. The number of nitrogens with zero attached hydrogens (tertiary/aromatic N) is 1. The standard InChI is InChI=1S/C20H28N2O4/c1-14-8-7-9-17(15(14)2)22-13-16(12-18(22)23)20(26)21-11-6-4-3-5-10-19(24)25/h7-9,16H,3-6,10-13H2,1-2H3,(H,21,26)(H,24,25). The van der Waals surface area contributed by atoms with E-state index >= 15 is 0 Å². The van der Waals surface area contributed by atoms with Crippen molar-refractivity contribution in [3.8, 4) is 0 Å². The Bertz CT molecular complexity index is 672. The number of anilines is 1. The summed E-state index contributed by atoms with van der Waals surface area (Å²) < 4.78 is 0. The van der Waals surface area contributed by atoms with Crippen LogP contribution in [0.2, 0.25) is 0 Å². The third kappa shape index (κ3) is 5.31. The van der Waals surface area contributed by atoms with Gasteiger partial charge in [-0.2, -0.15) is 0 Å². The van der Waals surface area contributed by atoms with Gasteiger partial charge in [0.2, 0.25) is 11.8 Å². The Morgan fingerprint density at radius 1 is 1.19 bits per heavy atom. The fourth-order valence-electron chi connectivity index (χ4n) is 3.25. The van der Waals surface area contributed by atoms with Gasteiger partial charge in [0.05, 0.1) is 5.92 Å². The van der Waals surface area contributed by atoms with E-state index < -0.39 is 5.97 Å². The normalized spacial score (nSPS) is 16.8. The molecule has 1 aromatic carbocycles. The lowest BCUT2D eigenvalue weighted by Gasteiger charge is -2.20. The quantitative estimate of drug-likeness (QED) is 0.663. The van der Waals surface area contributed by atoms with E-state index in [1.807, 2.05) is 32.0 Å². The number of benzene rings is 1. The number of nitrogens with one attached hydrogen (secondary N) is 1. The molecule has 1 atom stereocenters. The zero-order valence-electron chi connectivity index (χ0n) is 15.6. The summed E-state index contributed by atoms with van der Waals surface area (Å²) in [4.78, 5) is 36.8. The average Bonchev–Trinajstić information content (AvgIpc) is 2.98. The highest BCUT2D eigenvalue weighted by atomic mass is 16.4. The van der Waals surface area contributed by atoms with Crippen molar-refractivity contribution >= 4 is 23.5 Å². The summed E-state index contributed by atoms with van der Waals surface area (Å²) in [7, 11) is 0. The number of unbranched alkanes of at least 4 members (excludes halogenated alkanes) is 3. The van der Waals surface area contributed by atoms with Crippen LogP contribution in [0.4, 0.5) is 5.69 Å². The van der Waals surface area contributed by atoms with Crippen LogP contribution < -0.4 is 10.2 Å². The molecule has 1 heterocycles. The zero-order chi connectivity index (χ0) is 19.1. The molecule has 2 rings (SSSR count). The van der Waals surface area contributed by atoms with E-state index in [0.29, 0.717) is 19.5 Å². The van der Waals surface area contributed by atoms with Crippen molar-refractivity contribution < 1.29 is 19.5 Å². The summed E-state index contributed by atoms with van der Waals surface area (Å²) >= 11 is 0. The minimum absolute atomic E-state index is 0.00693. The number of hydrogen-bond acceptors (Lipinski definition) is 3. The van der Waals surface area contributed by atoms with Gasteiger partial charge in [-0.25, -0.2) is 0 Å². The molecule has 2 amide bonds. The summed E-state index contributed by atoms with van der Waals surface area (Å²) in [5.74, 6) is -1.16. The largest absolute Gasteiger partial charge is 0.481 e. The Labute approximate surface area is 154 Å². The maximum absolute atomic E-state index is 12.4. The lowest BCUT2D eigenvalue weighted by atomic mass is 10.1. The molecule has 26 heavy (non-hydrogen) atoms. The van der Waals surface area contributed by atoms with Gasteiger partial charge in [0.15, 0.2) is 0 Å². The molecular weight excluding hydrogens is 332 g/mol. The first-order valence-corrected chi connectivity index (χ1v) is 9.26. The molecule has 0 aromatic heterocycles. The summed E-state index contributed by atoms with van der Waals surface area (Å²) in [5, 5.41) is 11.5.